The Labute approximate surface area is 128 Å². The molecule has 1 saturated heterocycles. The second-order valence-corrected chi connectivity index (χ2v) is 7.63. The summed E-state index contributed by atoms with van der Waals surface area (Å²) < 4.78 is 29.5. The van der Waals surface area contributed by atoms with Crippen LogP contribution in [0.1, 0.15) is 30.3 Å². The number of amides is 1. The van der Waals surface area contributed by atoms with Gasteiger partial charge in [0, 0.05) is 43.2 Å². The largest absolute Gasteiger partial charge is 0.381 e. The Kier molecular flexibility index (Phi) is 5.29. The number of rotatable bonds is 6. The van der Waals surface area contributed by atoms with Gasteiger partial charge in [0.2, 0.25) is 0 Å². The first-order valence-corrected chi connectivity index (χ1v) is 9.23. The molecule has 2 rings (SSSR count). The molecule has 1 atom stereocenters. The van der Waals surface area contributed by atoms with E-state index in [4.69, 9.17) is 15.4 Å². The number of aromatic nitrogens is 1. The third-order valence-corrected chi connectivity index (χ3v) is 4.91. The molecule has 0 saturated carbocycles. The molecule has 0 aliphatic carbocycles. The third kappa shape index (κ3) is 4.21. The van der Waals surface area contributed by atoms with Gasteiger partial charge in [0.1, 0.15) is 10.6 Å². The van der Waals surface area contributed by atoms with Crippen molar-refractivity contribution in [3.05, 3.63) is 18.0 Å². The lowest BCUT2D eigenvalue weighted by Crippen LogP contribution is -2.28. The molecule has 1 N–H and O–H groups in total. The quantitative estimate of drug-likeness (QED) is 0.801. The van der Waals surface area contributed by atoms with E-state index in [0.29, 0.717) is 24.7 Å². The molecule has 0 spiro atoms. The van der Waals surface area contributed by atoms with Crippen molar-refractivity contribution in [2.45, 2.75) is 31.2 Å². The Balaban J connectivity index is 1.99. The fourth-order valence-corrected chi connectivity index (χ4v) is 3.12. The average Bonchev–Trinajstić information content (AvgIpc) is 3.06. The Morgan fingerprint density at radius 3 is 2.90 bits per heavy atom. The van der Waals surface area contributed by atoms with Crippen LogP contribution in [-0.2, 0) is 20.3 Å². The molecule has 6 nitrogen and oxygen atoms in total. The zero-order chi connectivity index (χ0) is 15.5. The fraction of sp³-hybridized carbons (Fsp3) is 0.615. The van der Waals surface area contributed by atoms with Gasteiger partial charge in [-0.25, -0.2) is 8.42 Å². The highest BCUT2D eigenvalue weighted by Crippen LogP contribution is 2.19. The number of nitrogens with one attached hydrogen (secondary N) is 1. The lowest BCUT2D eigenvalue weighted by atomic mass is 10.1. The summed E-state index contributed by atoms with van der Waals surface area (Å²) in [5.74, 6) is 0.198. The highest BCUT2D eigenvalue weighted by Gasteiger charge is 2.20. The number of halogens is 1. The summed E-state index contributed by atoms with van der Waals surface area (Å²) in [4.78, 5) is 12.1. The molecule has 1 fully saturated rings. The maximum Gasteiger partial charge on any atom is 0.267 e. The summed E-state index contributed by atoms with van der Waals surface area (Å²) in [6.45, 7) is 4.40. The van der Waals surface area contributed by atoms with Gasteiger partial charge in [-0.2, -0.15) is 0 Å². The van der Waals surface area contributed by atoms with Gasteiger partial charge in [-0.1, -0.05) is 0 Å². The van der Waals surface area contributed by atoms with Crippen LogP contribution in [0.25, 0.3) is 0 Å². The van der Waals surface area contributed by atoms with E-state index in [-0.39, 0.29) is 10.8 Å². The summed E-state index contributed by atoms with van der Waals surface area (Å²) in [6.07, 6.45) is 3.26. The van der Waals surface area contributed by atoms with Crippen molar-refractivity contribution in [1.82, 2.24) is 9.88 Å². The van der Waals surface area contributed by atoms with Crippen LogP contribution in [0.15, 0.2) is 17.2 Å². The highest BCUT2D eigenvalue weighted by molar-refractivity contribution is 8.13. The van der Waals surface area contributed by atoms with Crippen LogP contribution in [0.3, 0.4) is 0 Å². The second kappa shape index (κ2) is 6.81. The van der Waals surface area contributed by atoms with Crippen molar-refractivity contribution in [3.63, 3.8) is 0 Å². The number of carbonyl (C=O) groups is 1. The summed E-state index contributed by atoms with van der Waals surface area (Å²) in [6, 6.07) is 1.31. The van der Waals surface area contributed by atoms with Crippen LogP contribution >= 0.6 is 10.7 Å². The molecule has 1 aromatic rings. The summed E-state index contributed by atoms with van der Waals surface area (Å²) in [7, 11) is 1.48. The number of hydrogen-bond acceptors (Lipinski definition) is 4. The lowest BCUT2D eigenvalue weighted by molar-refractivity contribution is 0.0941. The second-order valence-electron chi connectivity index (χ2n) is 5.06. The maximum absolute atomic E-state index is 12.1. The van der Waals surface area contributed by atoms with E-state index in [1.54, 1.807) is 4.57 Å². The first-order chi connectivity index (χ1) is 9.91. The molecule has 1 aliphatic rings. The Morgan fingerprint density at radius 1 is 1.57 bits per heavy atom. The molecular weight excluding hydrogens is 316 g/mol. The van der Waals surface area contributed by atoms with Gasteiger partial charge in [0.05, 0.1) is 0 Å². The van der Waals surface area contributed by atoms with Gasteiger partial charge in [0.15, 0.2) is 0 Å². The normalized spacial score (nSPS) is 18.9. The van der Waals surface area contributed by atoms with E-state index in [1.807, 2.05) is 6.92 Å². The smallest absolute Gasteiger partial charge is 0.267 e. The summed E-state index contributed by atoms with van der Waals surface area (Å²) in [5, 5.41) is 2.81. The van der Waals surface area contributed by atoms with Gasteiger partial charge in [-0.3, -0.25) is 4.79 Å². The van der Waals surface area contributed by atoms with Crippen LogP contribution in [0.4, 0.5) is 0 Å². The molecule has 1 aromatic heterocycles. The van der Waals surface area contributed by atoms with Gasteiger partial charge in [-0.05, 0) is 31.7 Å². The van der Waals surface area contributed by atoms with E-state index in [1.165, 1.54) is 12.3 Å². The van der Waals surface area contributed by atoms with Crippen molar-refractivity contribution in [2.24, 2.45) is 5.92 Å². The van der Waals surface area contributed by atoms with Crippen LogP contribution in [0, 0.1) is 5.92 Å². The Bertz CT molecular complexity index is 606. The standard InChI is InChI=1S/C13H19ClN2O4S/c1-2-16-8-11(21(14,18)19)7-12(16)13(17)15-5-3-10-4-6-20-9-10/h7-8,10H,2-6,9H2,1H3,(H,15,17). The van der Waals surface area contributed by atoms with Crippen molar-refractivity contribution in [1.29, 1.82) is 0 Å². The minimum absolute atomic E-state index is 0.0552. The first-order valence-electron chi connectivity index (χ1n) is 6.92. The number of ether oxygens (including phenoxy) is 1. The number of aryl methyl sites for hydroxylation is 1. The molecule has 8 heteroatoms. The highest BCUT2D eigenvalue weighted by atomic mass is 35.7. The van der Waals surface area contributed by atoms with Crippen LogP contribution in [-0.4, -0.2) is 38.7 Å². The molecule has 0 aromatic carbocycles. The molecule has 1 amide bonds. The van der Waals surface area contributed by atoms with Gasteiger partial charge in [0.25, 0.3) is 15.0 Å². The number of hydrogen-bond donors (Lipinski definition) is 1. The summed E-state index contributed by atoms with van der Waals surface area (Å²) >= 11 is 0. The zero-order valence-electron chi connectivity index (χ0n) is 11.8. The first kappa shape index (κ1) is 16.3. The van der Waals surface area contributed by atoms with E-state index in [0.717, 1.165) is 26.1 Å². The van der Waals surface area contributed by atoms with Crippen LogP contribution in [0.2, 0.25) is 0 Å². The minimum atomic E-state index is -3.83. The minimum Gasteiger partial charge on any atom is -0.381 e. The van der Waals surface area contributed by atoms with E-state index in [2.05, 4.69) is 5.32 Å². The molecule has 21 heavy (non-hydrogen) atoms. The van der Waals surface area contributed by atoms with E-state index in [9.17, 15) is 13.2 Å². The maximum atomic E-state index is 12.1. The van der Waals surface area contributed by atoms with E-state index >= 15 is 0 Å². The molecule has 118 valence electrons. The Hall–Kier alpha value is -1.05. The molecule has 0 radical (unpaired) electrons. The van der Waals surface area contributed by atoms with Crippen molar-refractivity contribution >= 4 is 25.6 Å². The monoisotopic (exact) mass is 334 g/mol. The number of carbonyl (C=O) groups excluding carboxylic acids is 1. The average molecular weight is 335 g/mol. The van der Waals surface area contributed by atoms with Crippen LogP contribution in [0.5, 0.6) is 0 Å². The van der Waals surface area contributed by atoms with Crippen LogP contribution < -0.4 is 5.32 Å². The lowest BCUT2D eigenvalue weighted by Gasteiger charge is -2.10. The zero-order valence-corrected chi connectivity index (χ0v) is 13.4. The van der Waals surface area contributed by atoms with Crippen molar-refractivity contribution in [2.75, 3.05) is 19.8 Å². The molecule has 1 unspecified atom stereocenters. The SMILES string of the molecule is CCn1cc(S(=O)(=O)Cl)cc1C(=O)NCCC1CCOC1. The van der Waals surface area contributed by atoms with Gasteiger partial charge >= 0.3 is 0 Å². The fourth-order valence-electron chi connectivity index (χ4n) is 2.36. The molecule has 0 bridgehead atoms. The topological polar surface area (TPSA) is 77.4 Å². The van der Waals surface area contributed by atoms with Gasteiger partial charge in [-0.15, -0.1) is 0 Å². The Morgan fingerprint density at radius 2 is 2.33 bits per heavy atom. The summed E-state index contributed by atoms with van der Waals surface area (Å²) in [5.41, 5.74) is 0.305. The predicted octanol–water partition coefficient (Wildman–Crippen LogP) is 1.59. The van der Waals surface area contributed by atoms with Gasteiger partial charge < -0.3 is 14.6 Å². The molecular formula is C13H19ClN2O4S. The molecule has 2 heterocycles. The molecule has 1 aliphatic heterocycles. The predicted molar refractivity (Wildman–Crippen MR) is 79.0 cm³/mol. The van der Waals surface area contributed by atoms with Crippen molar-refractivity contribution < 1.29 is 17.9 Å². The number of nitrogens with zero attached hydrogens (tertiary/aromatic N) is 1. The van der Waals surface area contributed by atoms with E-state index < -0.39 is 9.05 Å². The van der Waals surface area contributed by atoms with Crippen molar-refractivity contribution in [3.8, 4) is 0 Å². The third-order valence-electron chi connectivity index (χ3n) is 3.59.